The van der Waals surface area contributed by atoms with Crippen molar-refractivity contribution in [2.24, 2.45) is 4.90 Å². The molecule has 6 aromatic carbocycles. The highest BCUT2D eigenvalue weighted by Crippen LogP contribution is 2.42. The molecule has 8 rings (SSSR count). The molecule has 1 aliphatic carbocycles. The molecule has 8 nitrogen and oxygen atoms in total. The lowest BCUT2D eigenvalue weighted by atomic mass is 9.67. The number of hydrogen-bond donors (Lipinski definition) is 4. The van der Waals surface area contributed by atoms with Crippen molar-refractivity contribution in [2.75, 3.05) is 29.4 Å². The first-order chi connectivity index (χ1) is 32.5. The fourth-order valence-electron chi connectivity index (χ4n) is 9.48. The van der Waals surface area contributed by atoms with Gasteiger partial charge in [-0.15, -0.1) is 0 Å². The molecule has 6 aromatic rings. The Morgan fingerprint density at radius 3 is 1.92 bits per heavy atom. The number of para-hydroxylation sites is 2. The second-order valence-corrected chi connectivity index (χ2v) is 17.9. The summed E-state index contributed by atoms with van der Waals surface area (Å²) in [6.45, 7) is 5.35. The Morgan fingerprint density at radius 1 is 0.636 bits per heavy atom. The maximum absolute atomic E-state index is 14.4. The molecular weight excluding hydrogens is 814 g/mol. The largest absolute Gasteiger partial charge is 0.506 e. The fraction of sp³-hybridized carbons (Fsp3) is 0.357. The molecule has 0 amide bonds. The number of nitrogens with two attached hydrogens (primary N) is 1. The minimum absolute atomic E-state index is 0.0851. The number of Topliss-reactive ketones (excluding diaryl/α,β-unsaturated/α-hetero) is 1. The minimum atomic E-state index is -0.465. The first kappa shape index (κ1) is 46.4. The zero-order valence-corrected chi connectivity index (χ0v) is 39.0. The van der Waals surface area contributed by atoms with Crippen molar-refractivity contribution < 1.29 is 19.4 Å². The van der Waals surface area contributed by atoms with Crippen molar-refractivity contribution in [3.05, 3.63) is 131 Å². The smallest absolute Gasteiger partial charge is 0.431 e. The number of unbranched alkanes of at least 4 members (excludes halogenated alkanes) is 14. The van der Waals surface area contributed by atoms with Crippen LogP contribution in [0.25, 0.3) is 32.7 Å². The van der Waals surface area contributed by atoms with Crippen LogP contribution >= 0.6 is 0 Å². The summed E-state index contributed by atoms with van der Waals surface area (Å²) in [5, 5.41) is 23.9. The molecule has 0 saturated heterocycles. The quantitative estimate of drug-likeness (QED) is 0.0257. The van der Waals surface area contributed by atoms with Gasteiger partial charge in [0.05, 0.1) is 29.7 Å². The van der Waals surface area contributed by atoms with Crippen molar-refractivity contribution >= 4 is 80.9 Å². The fourth-order valence-corrected chi connectivity index (χ4v) is 9.48. The Balaban J connectivity index is 1.03. The van der Waals surface area contributed by atoms with Gasteiger partial charge in [-0.25, -0.2) is 0 Å². The molecule has 0 fully saturated rings. The normalized spacial score (nSPS) is 14.0. The van der Waals surface area contributed by atoms with Crippen molar-refractivity contribution in [1.29, 1.82) is 0 Å². The highest BCUT2D eigenvalue weighted by Gasteiger charge is 2.38. The molecule has 10 heteroatoms. The molecule has 66 heavy (non-hydrogen) atoms. The summed E-state index contributed by atoms with van der Waals surface area (Å²) in [5.41, 5.74) is 11.9. The molecule has 339 valence electrons. The number of aliphatic hydroxyl groups excluding tert-OH is 1. The van der Waals surface area contributed by atoms with Gasteiger partial charge < -0.3 is 35.7 Å². The summed E-state index contributed by atoms with van der Waals surface area (Å²) >= 11 is 0. The first-order valence-electron chi connectivity index (χ1n) is 24.7. The van der Waals surface area contributed by atoms with Gasteiger partial charge >= 0.3 is 6.98 Å². The van der Waals surface area contributed by atoms with Crippen molar-refractivity contribution in [3.63, 3.8) is 0 Å². The number of ketones is 1. The van der Waals surface area contributed by atoms with Crippen LogP contribution in [0.4, 0.5) is 17.1 Å². The number of nitrogens with zero attached hydrogens (tertiary/aromatic N) is 1. The number of ether oxygens (including phenoxy) is 2. The van der Waals surface area contributed by atoms with E-state index in [1.54, 1.807) is 0 Å². The highest BCUT2D eigenvalue weighted by atomic mass is 16.5. The first-order valence-corrected chi connectivity index (χ1v) is 24.7. The third kappa shape index (κ3) is 10.6. The summed E-state index contributed by atoms with van der Waals surface area (Å²) < 4.78 is 12.7. The van der Waals surface area contributed by atoms with Gasteiger partial charge in [-0.05, 0) is 53.3 Å². The second kappa shape index (κ2) is 22.8. The Labute approximate surface area is 392 Å². The molecule has 1 heterocycles. The predicted molar refractivity (Wildman–Crippen MR) is 278 cm³/mol. The Morgan fingerprint density at radius 2 is 1.23 bits per heavy atom. The molecular formula is C56H65B2N4O4. The van der Waals surface area contributed by atoms with Crippen LogP contribution in [-0.2, 0) is 4.79 Å². The Kier molecular flexibility index (Phi) is 16.1. The van der Waals surface area contributed by atoms with E-state index in [2.05, 4.69) is 24.3 Å². The van der Waals surface area contributed by atoms with Gasteiger partial charge in [-0.2, -0.15) is 0 Å². The Bertz CT molecular complexity index is 2810. The van der Waals surface area contributed by atoms with E-state index in [1.165, 1.54) is 83.5 Å². The average molecular weight is 880 g/mol. The van der Waals surface area contributed by atoms with E-state index >= 15 is 0 Å². The van der Waals surface area contributed by atoms with E-state index in [1.807, 2.05) is 117 Å². The maximum atomic E-state index is 14.4. The molecule has 0 saturated carbocycles. The van der Waals surface area contributed by atoms with Crippen LogP contribution in [0.5, 0.6) is 11.5 Å². The minimum Gasteiger partial charge on any atom is -0.506 e. The topological polar surface area (TPSA) is 118 Å². The van der Waals surface area contributed by atoms with Gasteiger partial charge in [0, 0.05) is 44.1 Å². The van der Waals surface area contributed by atoms with Crippen LogP contribution in [0.1, 0.15) is 122 Å². The molecule has 5 N–H and O–H groups in total. The lowest BCUT2D eigenvalue weighted by molar-refractivity contribution is -0.109. The van der Waals surface area contributed by atoms with Crippen LogP contribution < -0.4 is 47.2 Å². The molecule has 0 aromatic heterocycles. The van der Waals surface area contributed by atoms with Gasteiger partial charge in [0.1, 0.15) is 17.3 Å². The van der Waals surface area contributed by atoms with Gasteiger partial charge in [-0.1, -0.05) is 189 Å². The van der Waals surface area contributed by atoms with E-state index < -0.39 is 6.98 Å². The molecule has 1 radical (unpaired) electrons. The number of aliphatic hydroxyl groups is 1. The number of hydrogen-bond acceptors (Lipinski definition) is 8. The van der Waals surface area contributed by atoms with Crippen LogP contribution in [0, 0.1) is 0 Å². The lowest BCUT2D eigenvalue weighted by Gasteiger charge is -2.25. The summed E-state index contributed by atoms with van der Waals surface area (Å²) in [4.78, 5) is 19.7. The van der Waals surface area contributed by atoms with Crippen LogP contribution in [0.15, 0.2) is 120 Å². The highest BCUT2D eigenvalue weighted by molar-refractivity contribution is 6.76. The summed E-state index contributed by atoms with van der Waals surface area (Å²) in [6, 6.07) is 35.8. The number of nitrogens with one attached hydrogen (secondary N) is 2. The summed E-state index contributed by atoms with van der Waals surface area (Å²) in [6.07, 6.45) is 19.9. The third-order valence-electron chi connectivity index (χ3n) is 13.1. The van der Waals surface area contributed by atoms with Crippen LogP contribution in [0.2, 0.25) is 0 Å². The number of carbonyl (C=O) groups is 1. The summed E-state index contributed by atoms with van der Waals surface area (Å²) in [7, 11) is 1.94. The monoisotopic (exact) mass is 880 g/mol. The zero-order valence-electron chi connectivity index (χ0n) is 39.0. The Hall–Kier alpha value is -6.15. The van der Waals surface area contributed by atoms with E-state index in [0.717, 1.165) is 74.6 Å². The summed E-state index contributed by atoms with van der Waals surface area (Å²) in [5.74, 6) is 1.25. The number of fused-ring (bicyclic) bond motifs is 1. The molecule has 0 atom stereocenters. The third-order valence-corrected chi connectivity index (χ3v) is 13.1. The van der Waals surface area contributed by atoms with Crippen molar-refractivity contribution in [1.82, 2.24) is 0 Å². The molecule has 0 bridgehead atoms. The van der Waals surface area contributed by atoms with Gasteiger partial charge in [-0.3, -0.25) is 4.79 Å². The van der Waals surface area contributed by atoms with Crippen LogP contribution in [-0.4, -0.2) is 38.5 Å². The standard InChI is InChI=1S/C56H65B2N4O4/c1-3-5-7-9-11-13-15-21-37-65-47-31-19-17-27-43(47)57-60-45-29-23-25-39-33-35-41(53(59)49(39)45)51-55(63)52(56(51)64)42-36-34-40-26-24-30-46-50(40)54(42)62-58(61-46)44-28-18-20-32-48(44)66-38-22-16-14-12-10-8-6-4-2/h17-20,23-36,60-61,63H,3-16,21-22,37-38,59H2,1-2H3. The number of allylic oxidation sites excluding steroid dienone is 2. The SMILES string of the molecule is CCCCCCCCCCOc1ccccc1[B]Nc1cccc2ccc(C3=C(O)C(=c4ccc5cccc6c5c4=NB(c4ccccc4OCCCCCCCCCC)N6)C3=O)c(N)c12. The van der Waals surface area contributed by atoms with Gasteiger partial charge in [0.15, 0.2) is 0 Å². The number of carbonyl (C=O) groups excluding carboxylic acids is 1. The molecule has 2 aliphatic rings. The zero-order chi connectivity index (χ0) is 45.7. The molecule has 0 spiro atoms. The van der Waals surface area contributed by atoms with Gasteiger partial charge in [0.2, 0.25) is 5.78 Å². The number of anilines is 3. The van der Waals surface area contributed by atoms with E-state index in [4.69, 9.17) is 20.1 Å². The van der Waals surface area contributed by atoms with Crippen molar-refractivity contribution in [2.45, 2.75) is 117 Å². The molecule has 1 aliphatic heterocycles. The average Bonchev–Trinajstić information content (AvgIpc) is 3.34. The molecule has 0 unspecified atom stereocenters. The number of rotatable bonds is 25. The van der Waals surface area contributed by atoms with Gasteiger partial charge in [0.25, 0.3) is 7.41 Å². The second-order valence-electron chi connectivity index (χ2n) is 17.9. The predicted octanol–water partition coefficient (Wildman–Crippen LogP) is 11.1. The maximum Gasteiger partial charge on any atom is 0.431 e. The number of benzene rings is 6. The van der Waals surface area contributed by atoms with Crippen molar-refractivity contribution in [3.8, 4) is 11.5 Å². The number of nitrogen functional groups attached to an aromatic ring is 1. The lowest BCUT2D eigenvalue weighted by Crippen LogP contribution is -2.46. The van der Waals surface area contributed by atoms with E-state index in [-0.39, 0.29) is 22.7 Å². The van der Waals surface area contributed by atoms with Crippen LogP contribution in [0.3, 0.4) is 0 Å². The van der Waals surface area contributed by atoms with E-state index in [0.29, 0.717) is 35.0 Å². The van der Waals surface area contributed by atoms with E-state index in [9.17, 15) is 9.90 Å².